The normalized spacial score (nSPS) is 16.2. The van der Waals surface area contributed by atoms with Gasteiger partial charge >= 0.3 is 0 Å². The summed E-state index contributed by atoms with van der Waals surface area (Å²) >= 11 is 10.2. The SMILES string of the molecule is ClC1CCn2nc(-c3ccccn3)c(-c3ccnc4cc(Br)ccc34)c21. The standard InChI is InChI=1S/C20H14BrClN4/c21-12-4-5-13-14(6-9-24-17(13)11-12)18-19(16-3-1-2-8-23-16)25-26-10-7-15(22)20(18)26/h1-6,8-9,11,15H,7,10H2. The summed E-state index contributed by atoms with van der Waals surface area (Å²) in [6, 6.07) is 14.1. The molecule has 4 heterocycles. The van der Waals surface area contributed by atoms with Gasteiger partial charge in [0, 0.05) is 34.4 Å². The predicted molar refractivity (Wildman–Crippen MR) is 107 cm³/mol. The van der Waals surface area contributed by atoms with Gasteiger partial charge in [-0.15, -0.1) is 11.6 Å². The van der Waals surface area contributed by atoms with Crippen molar-refractivity contribution in [3.63, 3.8) is 0 Å². The molecule has 0 N–H and O–H groups in total. The van der Waals surface area contributed by atoms with Crippen molar-refractivity contribution in [1.82, 2.24) is 19.7 Å². The molecule has 1 unspecified atom stereocenters. The molecule has 1 aliphatic rings. The van der Waals surface area contributed by atoms with E-state index in [1.165, 1.54) is 0 Å². The number of halogens is 2. The molecule has 26 heavy (non-hydrogen) atoms. The molecule has 1 atom stereocenters. The minimum atomic E-state index is -0.0476. The van der Waals surface area contributed by atoms with Crippen LogP contribution in [0.25, 0.3) is 33.4 Å². The van der Waals surface area contributed by atoms with Gasteiger partial charge in [0.1, 0.15) is 5.69 Å². The van der Waals surface area contributed by atoms with E-state index >= 15 is 0 Å². The maximum Gasteiger partial charge on any atom is 0.119 e. The first-order valence-corrected chi connectivity index (χ1v) is 9.66. The number of aryl methyl sites for hydroxylation is 1. The molecular formula is C20H14BrClN4. The Labute approximate surface area is 164 Å². The Morgan fingerprint density at radius 1 is 1.08 bits per heavy atom. The van der Waals surface area contributed by atoms with E-state index in [9.17, 15) is 0 Å². The molecule has 0 saturated heterocycles. The second-order valence-corrected chi connectivity index (χ2v) is 7.77. The molecule has 0 amide bonds. The van der Waals surface area contributed by atoms with Crippen molar-refractivity contribution in [1.29, 1.82) is 0 Å². The Morgan fingerprint density at radius 3 is 2.85 bits per heavy atom. The van der Waals surface area contributed by atoms with E-state index in [0.29, 0.717) is 0 Å². The van der Waals surface area contributed by atoms with Gasteiger partial charge in [-0.25, -0.2) is 0 Å². The Kier molecular flexibility index (Phi) is 3.80. The van der Waals surface area contributed by atoms with Crippen molar-refractivity contribution in [2.75, 3.05) is 0 Å². The highest BCUT2D eigenvalue weighted by atomic mass is 79.9. The summed E-state index contributed by atoms with van der Waals surface area (Å²) in [5.74, 6) is 0. The highest BCUT2D eigenvalue weighted by molar-refractivity contribution is 9.10. The Hall–Kier alpha value is -2.24. The van der Waals surface area contributed by atoms with Gasteiger partial charge in [-0.1, -0.05) is 28.1 Å². The van der Waals surface area contributed by atoms with Gasteiger partial charge in [-0.3, -0.25) is 14.6 Å². The van der Waals surface area contributed by atoms with E-state index in [2.05, 4.69) is 32.0 Å². The van der Waals surface area contributed by atoms with Gasteiger partial charge < -0.3 is 0 Å². The van der Waals surface area contributed by atoms with Gasteiger partial charge in [0.15, 0.2) is 0 Å². The molecule has 0 spiro atoms. The van der Waals surface area contributed by atoms with Gasteiger partial charge in [-0.2, -0.15) is 5.10 Å². The minimum absolute atomic E-state index is 0.0476. The topological polar surface area (TPSA) is 43.6 Å². The molecule has 6 heteroatoms. The van der Waals surface area contributed by atoms with Gasteiger partial charge in [0.25, 0.3) is 0 Å². The molecule has 1 aromatic carbocycles. The van der Waals surface area contributed by atoms with Crippen LogP contribution in [0.3, 0.4) is 0 Å². The maximum absolute atomic E-state index is 6.67. The summed E-state index contributed by atoms with van der Waals surface area (Å²) in [5.41, 5.74) is 5.90. The van der Waals surface area contributed by atoms with Crippen molar-refractivity contribution in [2.45, 2.75) is 18.3 Å². The average molecular weight is 426 g/mol. The third kappa shape index (κ3) is 2.46. The number of hydrogen-bond acceptors (Lipinski definition) is 3. The lowest BCUT2D eigenvalue weighted by molar-refractivity contribution is 0.657. The van der Waals surface area contributed by atoms with E-state index < -0.39 is 0 Å². The smallest absolute Gasteiger partial charge is 0.119 e. The Balaban J connectivity index is 1.85. The van der Waals surface area contributed by atoms with E-state index in [1.54, 1.807) is 6.20 Å². The molecule has 128 valence electrons. The molecule has 4 aromatic rings. The third-order valence-electron chi connectivity index (χ3n) is 4.76. The van der Waals surface area contributed by atoms with E-state index in [0.717, 1.165) is 56.5 Å². The van der Waals surface area contributed by atoms with Crippen LogP contribution in [0.15, 0.2) is 59.3 Å². The number of hydrogen-bond donors (Lipinski definition) is 0. The number of pyridine rings is 2. The Bertz CT molecular complexity index is 1120. The number of nitrogens with zero attached hydrogens (tertiary/aromatic N) is 4. The lowest BCUT2D eigenvalue weighted by Crippen LogP contribution is -1.94. The van der Waals surface area contributed by atoms with Crippen LogP contribution in [-0.4, -0.2) is 19.7 Å². The minimum Gasteiger partial charge on any atom is -0.267 e. The van der Waals surface area contributed by atoms with Crippen LogP contribution in [-0.2, 0) is 6.54 Å². The quantitative estimate of drug-likeness (QED) is 0.392. The first-order valence-electron chi connectivity index (χ1n) is 8.43. The monoisotopic (exact) mass is 424 g/mol. The first-order chi connectivity index (χ1) is 12.7. The fourth-order valence-electron chi connectivity index (χ4n) is 3.62. The summed E-state index contributed by atoms with van der Waals surface area (Å²) < 4.78 is 3.04. The van der Waals surface area contributed by atoms with Crippen LogP contribution in [0.4, 0.5) is 0 Å². The van der Waals surface area contributed by atoms with Crippen LogP contribution < -0.4 is 0 Å². The summed E-state index contributed by atoms with van der Waals surface area (Å²) in [7, 11) is 0. The van der Waals surface area contributed by atoms with Gasteiger partial charge in [0.05, 0.1) is 22.3 Å². The Morgan fingerprint density at radius 2 is 2.00 bits per heavy atom. The molecule has 0 aliphatic carbocycles. The first kappa shape index (κ1) is 16.0. The van der Waals surface area contributed by atoms with Crippen LogP contribution in [0, 0.1) is 0 Å². The zero-order valence-electron chi connectivity index (χ0n) is 13.7. The molecule has 3 aromatic heterocycles. The van der Waals surface area contributed by atoms with Crippen molar-refractivity contribution in [3.8, 4) is 22.5 Å². The lowest BCUT2D eigenvalue weighted by atomic mass is 9.96. The highest BCUT2D eigenvalue weighted by Crippen LogP contribution is 2.45. The van der Waals surface area contributed by atoms with E-state index in [1.807, 2.05) is 47.3 Å². The van der Waals surface area contributed by atoms with Crippen molar-refractivity contribution in [2.24, 2.45) is 0 Å². The van der Waals surface area contributed by atoms with E-state index in [4.69, 9.17) is 16.7 Å². The third-order valence-corrected chi connectivity index (χ3v) is 5.68. The number of benzene rings is 1. The van der Waals surface area contributed by atoms with Crippen LogP contribution in [0.2, 0.25) is 0 Å². The molecule has 5 rings (SSSR count). The van der Waals surface area contributed by atoms with Gasteiger partial charge in [-0.05, 0) is 42.3 Å². The number of fused-ring (bicyclic) bond motifs is 2. The fraction of sp³-hybridized carbons (Fsp3) is 0.150. The van der Waals surface area contributed by atoms with Crippen LogP contribution in [0.5, 0.6) is 0 Å². The summed E-state index contributed by atoms with van der Waals surface area (Å²) in [6.07, 6.45) is 4.53. The second kappa shape index (κ2) is 6.18. The predicted octanol–water partition coefficient (Wildman–Crippen LogP) is 5.61. The number of aromatic nitrogens is 4. The number of rotatable bonds is 2. The van der Waals surface area contributed by atoms with Crippen molar-refractivity contribution >= 4 is 38.4 Å². The summed E-state index contributed by atoms with van der Waals surface area (Å²) in [6.45, 7) is 0.831. The lowest BCUT2D eigenvalue weighted by Gasteiger charge is -2.10. The van der Waals surface area contributed by atoms with Crippen molar-refractivity contribution < 1.29 is 0 Å². The molecule has 0 fully saturated rings. The molecule has 0 saturated carbocycles. The maximum atomic E-state index is 6.67. The zero-order chi connectivity index (χ0) is 17.7. The van der Waals surface area contributed by atoms with Gasteiger partial charge in [0.2, 0.25) is 0 Å². The highest BCUT2D eigenvalue weighted by Gasteiger charge is 2.31. The molecule has 4 nitrogen and oxygen atoms in total. The number of alkyl halides is 1. The molecule has 0 bridgehead atoms. The average Bonchev–Trinajstić information content (AvgIpc) is 3.21. The summed E-state index contributed by atoms with van der Waals surface area (Å²) in [4.78, 5) is 9.05. The largest absolute Gasteiger partial charge is 0.267 e. The summed E-state index contributed by atoms with van der Waals surface area (Å²) in [5, 5.41) is 5.89. The molecule has 1 aliphatic heterocycles. The van der Waals surface area contributed by atoms with Crippen LogP contribution in [0.1, 0.15) is 17.5 Å². The van der Waals surface area contributed by atoms with Crippen molar-refractivity contribution in [3.05, 3.63) is 65.0 Å². The second-order valence-electron chi connectivity index (χ2n) is 6.32. The molecule has 0 radical (unpaired) electrons. The van der Waals surface area contributed by atoms with E-state index in [-0.39, 0.29) is 5.38 Å². The molecular weight excluding hydrogens is 412 g/mol. The zero-order valence-corrected chi connectivity index (χ0v) is 16.1. The fourth-order valence-corrected chi connectivity index (χ4v) is 4.29. The van der Waals surface area contributed by atoms with Crippen LogP contribution >= 0.6 is 27.5 Å².